The van der Waals surface area contributed by atoms with Gasteiger partial charge in [0.05, 0.1) is 34.8 Å². The van der Waals surface area contributed by atoms with Gasteiger partial charge in [0.25, 0.3) is 0 Å². The van der Waals surface area contributed by atoms with E-state index in [2.05, 4.69) is 4.98 Å². The van der Waals surface area contributed by atoms with Crippen LogP contribution >= 0.6 is 11.3 Å². The number of nitrogens with zero attached hydrogens (tertiary/aromatic N) is 2. The van der Waals surface area contributed by atoms with Crippen LogP contribution < -0.4 is 0 Å². The molecule has 0 spiro atoms. The molecular formula is C12H18N2O4S2. The zero-order valence-corrected chi connectivity index (χ0v) is 13.1. The van der Waals surface area contributed by atoms with E-state index in [1.165, 1.54) is 11.3 Å². The molecule has 1 saturated heterocycles. The number of carboxylic acid groups (broad SMARTS) is 1. The van der Waals surface area contributed by atoms with Crippen molar-refractivity contribution in [2.24, 2.45) is 0 Å². The van der Waals surface area contributed by atoms with Gasteiger partial charge in [-0.05, 0) is 20.3 Å². The predicted molar refractivity (Wildman–Crippen MR) is 76.7 cm³/mol. The largest absolute Gasteiger partial charge is 0.480 e. The number of sulfone groups is 1. The third-order valence-corrected chi connectivity index (χ3v) is 6.10. The summed E-state index contributed by atoms with van der Waals surface area (Å²) in [5.74, 6) is -0.780. The lowest BCUT2D eigenvalue weighted by atomic mass is 10.1. The van der Waals surface area contributed by atoms with Gasteiger partial charge in [0.1, 0.15) is 0 Å². The van der Waals surface area contributed by atoms with Crippen molar-refractivity contribution in [1.29, 1.82) is 0 Å². The van der Waals surface area contributed by atoms with Crippen molar-refractivity contribution in [1.82, 2.24) is 9.88 Å². The maximum absolute atomic E-state index is 11.6. The average Bonchev–Trinajstić information content (AvgIpc) is 2.91. The Kier molecular flexibility index (Phi) is 4.46. The maximum atomic E-state index is 11.6. The van der Waals surface area contributed by atoms with Gasteiger partial charge < -0.3 is 5.11 Å². The van der Waals surface area contributed by atoms with E-state index in [1.54, 1.807) is 4.90 Å². The van der Waals surface area contributed by atoms with Crippen LogP contribution in [-0.4, -0.2) is 53.5 Å². The van der Waals surface area contributed by atoms with Gasteiger partial charge in [-0.2, -0.15) is 0 Å². The van der Waals surface area contributed by atoms with Crippen LogP contribution in [-0.2, 0) is 14.6 Å². The van der Waals surface area contributed by atoms with Crippen molar-refractivity contribution in [2.45, 2.75) is 32.4 Å². The predicted octanol–water partition coefficient (Wildman–Crippen LogP) is 1.09. The third kappa shape index (κ3) is 3.56. The molecule has 6 nitrogen and oxygen atoms in total. The fraction of sp³-hybridized carbons (Fsp3) is 0.667. The molecule has 2 atom stereocenters. The van der Waals surface area contributed by atoms with Crippen LogP contribution in [0.1, 0.15) is 30.1 Å². The lowest BCUT2D eigenvalue weighted by Crippen LogP contribution is -2.41. The summed E-state index contributed by atoms with van der Waals surface area (Å²) in [6.07, 6.45) is 0.489. The Labute approximate surface area is 122 Å². The molecule has 1 N–H and O–H groups in total. The molecule has 1 aromatic heterocycles. The van der Waals surface area contributed by atoms with Crippen LogP contribution in [0.4, 0.5) is 0 Å². The van der Waals surface area contributed by atoms with E-state index >= 15 is 0 Å². The van der Waals surface area contributed by atoms with Crippen LogP contribution in [0.25, 0.3) is 0 Å². The molecule has 1 aliphatic rings. The molecule has 0 aromatic carbocycles. The van der Waals surface area contributed by atoms with Crippen molar-refractivity contribution in [3.63, 3.8) is 0 Å². The highest BCUT2D eigenvalue weighted by atomic mass is 32.2. The summed E-state index contributed by atoms with van der Waals surface area (Å²) in [6, 6.07) is -0.442. The number of carboxylic acids is 1. The Morgan fingerprint density at radius 1 is 1.65 bits per heavy atom. The van der Waals surface area contributed by atoms with Gasteiger partial charge in [-0.25, -0.2) is 13.4 Å². The molecule has 2 heterocycles. The van der Waals surface area contributed by atoms with E-state index < -0.39 is 15.8 Å². The minimum Gasteiger partial charge on any atom is -0.480 e. The van der Waals surface area contributed by atoms with Crippen LogP contribution in [0.15, 0.2) is 5.38 Å². The molecule has 8 heteroatoms. The number of aromatic nitrogens is 1. The molecule has 0 bridgehead atoms. The number of aryl methyl sites for hydroxylation is 1. The minimum atomic E-state index is -3.04. The number of rotatable bonds is 5. The summed E-state index contributed by atoms with van der Waals surface area (Å²) in [4.78, 5) is 17.2. The molecule has 2 unspecified atom stereocenters. The van der Waals surface area contributed by atoms with Gasteiger partial charge >= 0.3 is 5.97 Å². The first kappa shape index (κ1) is 15.4. The molecule has 1 aromatic rings. The second-order valence-corrected chi connectivity index (χ2v) is 8.38. The van der Waals surface area contributed by atoms with Crippen LogP contribution in [0.5, 0.6) is 0 Å². The number of thiazole rings is 1. The topological polar surface area (TPSA) is 87.6 Å². The summed E-state index contributed by atoms with van der Waals surface area (Å²) in [5.41, 5.74) is 0.804. The molecular weight excluding hydrogens is 300 g/mol. The lowest BCUT2D eigenvalue weighted by Gasteiger charge is -2.31. The quantitative estimate of drug-likeness (QED) is 0.874. The van der Waals surface area contributed by atoms with Gasteiger partial charge in [0.2, 0.25) is 0 Å². The smallest absolute Gasteiger partial charge is 0.317 e. The second kappa shape index (κ2) is 5.79. The van der Waals surface area contributed by atoms with Gasteiger partial charge in [0, 0.05) is 11.4 Å². The van der Waals surface area contributed by atoms with Crippen LogP contribution in [0, 0.1) is 6.92 Å². The molecule has 2 rings (SSSR count). The van der Waals surface area contributed by atoms with Crippen LogP contribution in [0.3, 0.4) is 0 Å². The van der Waals surface area contributed by atoms with E-state index in [9.17, 15) is 13.2 Å². The lowest BCUT2D eigenvalue weighted by molar-refractivity contribution is -0.139. The van der Waals surface area contributed by atoms with Crippen molar-refractivity contribution in [2.75, 3.05) is 18.1 Å². The minimum absolute atomic E-state index is 0.0355. The maximum Gasteiger partial charge on any atom is 0.317 e. The highest BCUT2D eigenvalue weighted by molar-refractivity contribution is 7.91. The number of hydrogen-bond acceptors (Lipinski definition) is 6. The Hall–Kier alpha value is -0.990. The van der Waals surface area contributed by atoms with E-state index in [-0.39, 0.29) is 30.1 Å². The fourth-order valence-electron chi connectivity index (χ4n) is 2.52. The van der Waals surface area contributed by atoms with E-state index in [0.29, 0.717) is 6.42 Å². The second-order valence-electron chi connectivity index (χ2n) is 5.09. The van der Waals surface area contributed by atoms with E-state index in [4.69, 9.17) is 5.11 Å². The first-order valence-corrected chi connectivity index (χ1v) is 9.08. The molecule has 0 aliphatic carbocycles. The molecule has 1 fully saturated rings. The zero-order valence-electron chi connectivity index (χ0n) is 11.4. The van der Waals surface area contributed by atoms with Crippen molar-refractivity contribution in [3.05, 3.63) is 16.1 Å². The van der Waals surface area contributed by atoms with Gasteiger partial charge in [-0.1, -0.05) is 0 Å². The van der Waals surface area contributed by atoms with Crippen molar-refractivity contribution >= 4 is 27.1 Å². The zero-order chi connectivity index (χ0) is 14.9. The summed E-state index contributed by atoms with van der Waals surface area (Å²) in [5, 5.41) is 11.9. The molecule has 1 aliphatic heterocycles. The Balaban J connectivity index is 2.21. The van der Waals surface area contributed by atoms with Gasteiger partial charge in [-0.15, -0.1) is 11.3 Å². The highest BCUT2D eigenvalue weighted by Gasteiger charge is 2.36. The molecule has 0 saturated carbocycles. The molecule has 112 valence electrons. The molecule has 0 amide bonds. The summed E-state index contributed by atoms with van der Waals surface area (Å²) < 4.78 is 23.2. The SMILES string of the molecule is Cc1nc(C(C)N(CC(=O)O)C2CCS(=O)(=O)C2)cs1. The molecule has 0 radical (unpaired) electrons. The summed E-state index contributed by atoms with van der Waals surface area (Å²) in [7, 11) is -3.04. The average molecular weight is 318 g/mol. The summed E-state index contributed by atoms with van der Waals surface area (Å²) in [6.45, 7) is 3.60. The first-order valence-electron chi connectivity index (χ1n) is 6.38. The molecule has 20 heavy (non-hydrogen) atoms. The number of hydrogen-bond donors (Lipinski definition) is 1. The normalized spacial score (nSPS) is 23.1. The fourth-order valence-corrected chi connectivity index (χ4v) is 4.96. The van der Waals surface area contributed by atoms with Crippen molar-refractivity contribution in [3.8, 4) is 0 Å². The summed E-state index contributed by atoms with van der Waals surface area (Å²) >= 11 is 1.51. The van der Waals surface area contributed by atoms with Gasteiger partial charge in [-0.3, -0.25) is 9.69 Å². The first-order chi connectivity index (χ1) is 9.28. The number of aliphatic carboxylic acids is 1. The van der Waals surface area contributed by atoms with E-state index in [0.717, 1.165) is 10.7 Å². The van der Waals surface area contributed by atoms with Crippen molar-refractivity contribution < 1.29 is 18.3 Å². The monoisotopic (exact) mass is 318 g/mol. The van der Waals surface area contributed by atoms with E-state index in [1.807, 2.05) is 19.2 Å². The Bertz CT molecular complexity index is 596. The third-order valence-electron chi connectivity index (χ3n) is 3.56. The van der Waals surface area contributed by atoms with Gasteiger partial charge in [0.15, 0.2) is 9.84 Å². The standard InChI is InChI=1S/C12H18N2O4S2/c1-8(11-6-19-9(2)13-11)14(5-12(15)16)10-3-4-20(17,18)7-10/h6,8,10H,3-5,7H2,1-2H3,(H,15,16). The highest BCUT2D eigenvalue weighted by Crippen LogP contribution is 2.28. The number of carbonyl (C=O) groups is 1. The Morgan fingerprint density at radius 3 is 2.80 bits per heavy atom. The Morgan fingerprint density at radius 2 is 2.35 bits per heavy atom. The van der Waals surface area contributed by atoms with Crippen LogP contribution in [0.2, 0.25) is 0 Å².